The summed E-state index contributed by atoms with van der Waals surface area (Å²) < 4.78 is 31.0. The van der Waals surface area contributed by atoms with Crippen molar-refractivity contribution in [3.63, 3.8) is 0 Å². The Labute approximate surface area is 100 Å². The first-order valence-corrected chi connectivity index (χ1v) is 4.89. The van der Waals surface area contributed by atoms with E-state index < -0.39 is 17.6 Å². The highest BCUT2D eigenvalue weighted by molar-refractivity contribution is 5.90. The molecule has 6 heteroatoms. The van der Waals surface area contributed by atoms with Crippen molar-refractivity contribution in [1.82, 2.24) is 4.98 Å². The molecule has 0 amide bonds. The number of aromatic nitrogens is 1. The minimum absolute atomic E-state index is 0.207. The molecule has 1 heterocycles. The van der Waals surface area contributed by atoms with E-state index in [4.69, 9.17) is 9.84 Å². The van der Waals surface area contributed by atoms with Crippen LogP contribution in [0, 0.1) is 11.6 Å². The Morgan fingerprint density at radius 3 is 2.72 bits per heavy atom. The first-order valence-electron chi connectivity index (χ1n) is 4.89. The average molecular weight is 251 g/mol. The number of nitrogens with zero attached hydrogens (tertiary/aromatic N) is 1. The highest BCUT2D eigenvalue weighted by Gasteiger charge is 2.14. The van der Waals surface area contributed by atoms with Crippen LogP contribution in [-0.4, -0.2) is 16.1 Å². The van der Waals surface area contributed by atoms with Gasteiger partial charge in [-0.3, -0.25) is 0 Å². The summed E-state index contributed by atoms with van der Waals surface area (Å²) in [5.74, 6) is -3.48. The Balaban J connectivity index is 2.37. The van der Waals surface area contributed by atoms with Gasteiger partial charge in [0, 0.05) is 12.3 Å². The lowest BCUT2D eigenvalue weighted by molar-refractivity contribution is 0.0693. The number of hydrogen-bond donors (Lipinski definition) is 1. The molecule has 0 fully saturated rings. The molecule has 2 aromatic rings. The average Bonchev–Trinajstić information content (AvgIpc) is 2.33. The summed E-state index contributed by atoms with van der Waals surface area (Å²) in [5.41, 5.74) is -0.207. The minimum Gasteiger partial charge on any atom is -0.477 e. The van der Waals surface area contributed by atoms with E-state index in [0.29, 0.717) is 6.07 Å². The molecule has 0 saturated heterocycles. The zero-order valence-electron chi connectivity index (χ0n) is 8.93. The van der Waals surface area contributed by atoms with Crippen LogP contribution in [0.4, 0.5) is 8.78 Å². The first kappa shape index (κ1) is 12.0. The summed E-state index contributed by atoms with van der Waals surface area (Å²) in [6, 6.07) is 5.38. The fourth-order valence-electron chi connectivity index (χ4n) is 1.30. The number of benzene rings is 1. The maximum Gasteiger partial charge on any atom is 0.341 e. The quantitative estimate of drug-likeness (QED) is 0.911. The highest BCUT2D eigenvalue weighted by atomic mass is 19.1. The fourth-order valence-corrected chi connectivity index (χ4v) is 1.30. The van der Waals surface area contributed by atoms with E-state index in [0.717, 1.165) is 12.1 Å². The molecule has 0 radical (unpaired) electrons. The van der Waals surface area contributed by atoms with Crippen molar-refractivity contribution in [3.05, 3.63) is 53.7 Å². The molecule has 0 saturated carbocycles. The van der Waals surface area contributed by atoms with Crippen LogP contribution in [0.3, 0.4) is 0 Å². The molecule has 1 N–H and O–H groups in total. The summed E-state index contributed by atoms with van der Waals surface area (Å²) in [6.07, 6.45) is 1.31. The second-order valence-corrected chi connectivity index (χ2v) is 3.34. The molecule has 0 unspecified atom stereocenters. The van der Waals surface area contributed by atoms with Crippen molar-refractivity contribution in [2.75, 3.05) is 0 Å². The summed E-state index contributed by atoms with van der Waals surface area (Å²) in [7, 11) is 0. The van der Waals surface area contributed by atoms with Gasteiger partial charge in [-0.1, -0.05) is 0 Å². The van der Waals surface area contributed by atoms with Gasteiger partial charge in [-0.2, -0.15) is 0 Å². The van der Waals surface area contributed by atoms with Crippen LogP contribution in [-0.2, 0) is 0 Å². The predicted octanol–water partition coefficient (Wildman–Crippen LogP) is 2.85. The summed E-state index contributed by atoms with van der Waals surface area (Å²) in [4.78, 5) is 14.6. The Morgan fingerprint density at radius 1 is 1.28 bits per heavy atom. The number of rotatable bonds is 3. The van der Waals surface area contributed by atoms with E-state index in [1.807, 2.05) is 0 Å². The van der Waals surface area contributed by atoms with Gasteiger partial charge in [0.25, 0.3) is 0 Å². The van der Waals surface area contributed by atoms with Crippen LogP contribution < -0.4 is 4.74 Å². The molecule has 1 aromatic carbocycles. The minimum atomic E-state index is -1.25. The molecular formula is C12H7F2NO3. The third-order valence-corrected chi connectivity index (χ3v) is 2.10. The van der Waals surface area contributed by atoms with Gasteiger partial charge in [0.1, 0.15) is 11.4 Å². The molecule has 0 spiro atoms. The maximum absolute atomic E-state index is 13.3. The van der Waals surface area contributed by atoms with E-state index in [2.05, 4.69) is 4.98 Å². The normalized spacial score (nSPS) is 10.1. The van der Waals surface area contributed by atoms with E-state index in [1.165, 1.54) is 18.3 Å². The number of halogens is 2. The number of carboxylic acids is 1. The molecule has 0 aliphatic rings. The number of pyridine rings is 1. The zero-order chi connectivity index (χ0) is 13.1. The lowest BCUT2D eigenvalue weighted by Crippen LogP contribution is -2.02. The number of carbonyl (C=O) groups is 1. The van der Waals surface area contributed by atoms with Gasteiger partial charge in [0.2, 0.25) is 5.88 Å². The lowest BCUT2D eigenvalue weighted by Gasteiger charge is -2.07. The molecular weight excluding hydrogens is 244 g/mol. The lowest BCUT2D eigenvalue weighted by atomic mass is 10.2. The standard InChI is InChI=1S/C12H7F2NO3/c13-7-3-4-10(9(14)6-7)18-11-8(12(16)17)2-1-5-15-11/h1-6H,(H,16,17). The van der Waals surface area contributed by atoms with Gasteiger partial charge in [-0.15, -0.1) is 0 Å². The Kier molecular flexibility index (Phi) is 3.18. The van der Waals surface area contributed by atoms with Crippen molar-refractivity contribution in [1.29, 1.82) is 0 Å². The van der Waals surface area contributed by atoms with Gasteiger partial charge in [-0.05, 0) is 24.3 Å². The van der Waals surface area contributed by atoms with Crippen LogP contribution in [0.5, 0.6) is 11.6 Å². The van der Waals surface area contributed by atoms with E-state index >= 15 is 0 Å². The smallest absolute Gasteiger partial charge is 0.341 e. The Bertz CT molecular complexity index is 602. The molecule has 0 aliphatic heterocycles. The number of ether oxygens (including phenoxy) is 1. The highest BCUT2D eigenvalue weighted by Crippen LogP contribution is 2.25. The fraction of sp³-hybridized carbons (Fsp3) is 0. The molecule has 18 heavy (non-hydrogen) atoms. The number of aromatic carboxylic acids is 1. The first-order chi connectivity index (χ1) is 8.58. The van der Waals surface area contributed by atoms with Crippen LogP contribution in [0.15, 0.2) is 36.5 Å². The van der Waals surface area contributed by atoms with E-state index in [1.54, 1.807) is 0 Å². The summed E-state index contributed by atoms with van der Waals surface area (Å²) in [5, 5.41) is 8.88. The van der Waals surface area contributed by atoms with E-state index in [-0.39, 0.29) is 17.2 Å². The molecule has 0 bridgehead atoms. The van der Waals surface area contributed by atoms with Crippen LogP contribution in [0.2, 0.25) is 0 Å². The van der Waals surface area contributed by atoms with Crippen molar-refractivity contribution in [2.24, 2.45) is 0 Å². The summed E-state index contributed by atoms with van der Waals surface area (Å²) >= 11 is 0. The van der Waals surface area contributed by atoms with Gasteiger partial charge in [0.15, 0.2) is 11.6 Å². The zero-order valence-corrected chi connectivity index (χ0v) is 8.93. The summed E-state index contributed by atoms with van der Waals surface area (Å²) in [6.45, 7) is 0. The molecule has 4 nitrogen and oxygen atoms in total. The largest absolute Gasteiger partial charge is 0.477 e. The third kappa shape index (κ3) is 2.42. The molecule has 1 aromatic heterocycles. The number of hydrogen-bond acceptors (Lipinski definition) is 3. The maximum atomic E-state index is 13.3. The molecule has 0 atom stereocenters. The van der Waals surface area contributed by atoms with Crippen molar-refractivity contribution in [3.8, 4) is 11.6 Å². The van der Waals surface area contributed by atoms with Gasteiger partial charge < -0.3 is 9.84 Å². The number of carboxylic acid groups (broad SMARTS) is 1. The van der Waals surface area contributed by atoms with Gasteiger partial charge in [0.05, 0.1) is 0 Å². The predicted molar refractivity (Wildman–Crippen MR) is 57.6 cm³/mol. The second-order valence-electron chi connectivity index (χ2n) is 3.34. The second kappa shape index (κ2) is 4.79. The Morgan fingerprint density at radius 2 is 2.06 bits per heavy atom. The van der Waals surface area contributed by atoms with Crippen LogP contribution in [0.25, 0.3) is 0 Å². The van der Waals surface area contributed by atoms with Crippen molar-refractivity contribution in [2.45, 2.75) is 0 Å². The van der Waals surface area contributed by atoms with Crippen molar-refractivity contribution >= 4 is 5.97 Å². The topological polar surface area (TPSA) is 59.4 Å². The van der Waals surface area contributed by atoms with Crippen molar-refractivity contribution < 1.29 is 23.4 Å². The third-order valence-electron chi connectivity index (χ3n) is 2.10. The molecule has 0 aliphatic carbocycles. The van der Waals surface area contributed by atoms with Gasteiger partial charge in [-0.25, -0.2) is 18.6 Å². The van der Waals surface area contributed by atoms with Crippen LogP contribution in [0.1, 0.15) is 10.4 Å². The molecule has 2 rings (SSSR count). The SMILES string of the molecule is O=C(O)c1cccnc1Oc1ccc(F)cc1F. The van der Waals surface area contributed by atoms with Crippen LogP contribution >= 0.6 is 0 Å². The monoisotopic (exact) mass is 251 g/mol. The molecule has 92 valence electrons. The Hall–Kier alpha value is -2.50. The van der Waals surface area contributed by atoms with Gasteiger partial charge >= 0.3 is 5.97 Å². The van der Waals surface area contributed by atoms with E-state index in [9.17, 15) is 13.6 Å².